The molecule has 0 aliphatic rings. The van der Waals surface area contributed by atoms with Gasteiger partial charge in [0.05, 0.1) is 14.2 Å². The lowest BCUT2D eigenvalue weighted by atomic mass is 10.2. The number of sulfonamides is 1. The maximum atomic E-state index is 11.3. The third-order valence-electron chi connectivity index (χ3n) is 1.89. The highest BCUT2D eigenvalue weighted by Crippen LogP contribution is 2.33. The largest absolute Gasteiger partial charge is 0.495 e. The van der Waals surface area contributed by atoms with Crippen LogP contribution < -0.4 is 14.6 Å². The van der Waals surface area contributed by atoms with E-state index < -0.39 is 10.0 Å². The zero-order valence-corrected chi connectivity index (χ0v) is 9.59. The first-order valence-corrected chi connectivity index (χ1v) is 5.70. The van der Waals surface area contributed by atoms with Gasteiger partial charge in [0.25, 0.3) is 0 Å². The van der Waals surface area contributed by atoms with Crippen molar-refractivity contribution >= 4 is 10.0 Å². The summed E-state index contributed by atoms with van der Waals surface area (Å²) in [7, 11) is -1.10. The summed E-state index contributed by atoms with van der Waals surface area (Å²) in [6.07, 6.45) is 0. The van der Waals surface area contributed by atoms with Crippen molar-refractivity contribution in [3.8, 4) is 11.5 Å². The molecular weight excluding hydrogens is 218 g/mol. The van der Waals surface area contributed by atoms with Crippen molar-refractivity contribution in [2.45, 2.75) is 11.8 Å². The van der Waals surface area contributed by atoms with E-state index in [0.717, 1.165) is 5.56 Å². The van der Waals surface area contributed by atoms with E-state index in [2.05, 4.69) is 0 Å². The lowest BCUT2D eigenvalue weighted by molar-refractivity contribution is 0.373. The van der Waals surface area contributed by atoms with Gasteiger partial charge in [0.15, 0.2) is 4.90 Å². The van der Waals surface area contributed by atoms with E-state index in [0.29, 0.717) is 0 Å². The molecule has 1 aromatic carbocycles. The SMILES string of the molecule is COc1cc(C)cc(OC)c1S(N)(=O)=O. The molecule has 5 nitrogen and oxygen atoms in total. The highest BCUT2D eigenvalue weighted by Gasteiger charge is 2.21. The Morgan fingerprint density at radius 2 is 1.53 bits per heavy atom. The van der Waals surface area contributed by atoms with Crippen molar-refractivity contribution in [3.05, 3.63) is 17.7 Å². The topological polar surface area (TPSA) is 78.6 Å². The van der Waals surface area contributed by atoms with Crippen LogP contribution in [0.25, 0.3) is 0 Å². The molecule has 0 aliphatic heterocycles. The van der Waals surface area contributed by atoms with Gasteiger partial charge in [-0.05, 0) is 24.6 Å². The van der Waals surface area contributed by atoms with Crippen LogP contribution in [0.3, 0.4) is 0 Å². The molecule has 0 spiro atoms. The summed E-state index contributed by atoms with van der Waals surface area (Å²) >= 11 is 0. The number of hydrogen-bond donors (Lipinski definition) is 1. The summed E-state index contributed by atoms with van der Waals surface area (Å²) in [6, 6.07) is 3.17. The minimum absolute atomic E-state index is 0.127. The fraction of sp³-hybridized carbons (Fsp3) is 0.333. The van der Waals surface area contributed by atoms with Crippen LogP contribution in [0.5, 0.6) is 11.5 Å². The Labute approximate surface area is 88.9 Å². The summed E-state index contributed by atoms with van der Waals surface area (Å²) in [5.41, 5.74) is 0.830. The average Bonchev–Trinajstić information content (AvgIpc) is 2.14. The summed E-state index contributed by atoms with van der Waals surface area (Å²) < 4.78 is 32.6. The Bertz CT molecular complexity index is 442. The smallest absolute Gasteiger partial charge is 0.245 e. The van der Waals surface area contributed by atoms with Gasteiger partial charge in [-0.1, -0.05) is 0 Å². The molecule has 0 atom stereocenters. The molecule has 0 aromatic heterocycles. The van der Waals surface area contributed by atoms with E-state index in [1.807, 2.05) is 0 Å². The van der Waals surface area contributed by atoms with Crippen LogP contribution in [0.15, 0.2) is 17.0 Å². The molecule has 1 rings (SSSR count). The minimum atomic E-state index is -3.86. The molecule has 1 aromatic rings. The molecule has 0 saturated carbocycles. The lowest BCUT2D eigenvalue weighted by Crippen LogP contribution is -2.15. The van der Waals surface area contributed by atoms with E-state index >= 15 is 0 Å². The fourth-order valence-corrected chi connectivity index (χ4v) is 2.14. The predicted octanol–water partition coefficient (Wildman–Crippen LogP) is 0.660. The highest BCUT2D eigenvalue weighted by atomic mass is 32.2. The zero-order chi connectivity index (χ0) is 11.6. The van der Waals surface area contributed by atoms with Gasteiger partial charge in [-0.3, -0.25) is 0 Å². The van der Waals surface area contributed by atoms with Crippen molar-refractivity contribution < 1.29 is 17.9 Å². The van der Waals surface area contributed by atoms with Gasteiger partial charge in [-0.25, -0.2) is 13.6 Å². The van der Waals surface area contributed by atoms with Gasteiger partial charge in [0.1, 0.15) is 11.5 Å². The van der Waals surface area contributed by atoms with E-state index in [-0.39, 0.29) is 16.4 Å². The lowest BCUT2D eigenvalue weighted by Gasteiger charge is -2.12. The first-order valence-electron chi connectivity index (χ1n) is 4.15. The van der Waals surface area contributed by atoms with Crippen LogP contribution in [0.2, 0.25) is 0 Å². The van der Waals surface area contributed by atoms with Crippen LogP contribution in [-0.2, 0) is 10.0 Å². The molecular formula is C9H13NO4S. The average molecular weight is 231 g/mol. The number of methoxy groups -OCH3 is 2. The van der Waals surface area contributed by atoms with Gasteiger partial charge in [0.2, 0.25) is 10.0 Å². The Kier molecular flexibility index (Phi) is 3.21. The number of hydrogen-bond acceptors (Lipinski definition) is 4. The number of ether oxygens (including phenoxy) is 2. The van der Waals surface area contributed by atoms with Crippen LogP contribution in [0.4, 0.5) is 0 Å². The third-order valence-corrected chi connectivity index (χ3v) is 2.86. The quantitative estimate of drug-likeness (QED) is 0.828. The van der Waals surface area contributed by atoms with Crippen molar-refractivity contribution in [3.63, 3.8) is 0 Å². The van der Waals surface area contributed by atoms with Crippen molar-refractivity contribution in [1.82, 2.24) is 0 Å². The molecule has 0 amide bonds. The molecule has 0 unspecified atom stereocenters. The third kappa shape index (κ3) is 2.40. The number of rotatable bonds is 3. The van der Waals surface area contributed by atoms with Crippen molar-refractivity contribution in [2.75, 3.05) is 14.2 Å². The van der Waals surface area contributed by atoms with Crippen molar-refractivity contribution in [1.29, 1.82) is 0 Å². The maximum absolute atomic E-state index is 11.3. The Morgan fingerprint density at radius 3 is 1.80 bits per heavy atom. The van der Waals surface area contributed by atoms with E-state index in [1.165, 1.54) is 14.2 Å². The first kappa shape index (κ1) is 11.8. The Morgan fingerprint density at radius 1 is 1.13 bits per heavy atom. The van der Waals surface area contributed by atoms with Crippen LogP contribution in [0, 0.1) is 6.92 Å². The normalized spacial score (nSPS) is 11.2. The van der Waals surface area contributed by atoms with E-state index in [9.17, 15) is 8.42 Å². The van der Waals surface area contributed by atoms with Gasteiger partial charge in [-0.2, -0.15) is 0 Å². The summed E-state index contributed by atoms with van der Waals surface area (Å²) in [6.45, 7) is 1.80. The molecule has 84 valence electrons. The standard InChI is InChI=1S/C9H13NO4S/c1-6-4-7(13-2)9(15(10,11)12)8(5-6)14-3/h4-5H,1-3H3,(H2,10,11,12). The molecule has 2 N–H and O–H groups in total. The first-order chi connectivity index (χ1) is 6.90. The number of primary sulfonamides is 1. The number of benzene rings is 1. The molecule has 6 heteroatoms. The molecule has 0 fully saturated rings. The molecule has 15 heavy (non-hydrogen) atoms. The number of nitrogens with two attached hydrogens (primary N) is 1. The highest BCUT2D eigenvalue weighted by molar-refractivity contribution is 7.89. The predicted molar refractivity (Wildman–Crippen MR) is 55.7 cm³/mol. The molecule has 0 aliphatic carbocycles. The molecule has 0 bridgehead atoms. The Balaban J connectivity index is 3.59. The van der Waals surface area contributed by atoms with Crippen molar-refractivity contribution in [2.24, 2.45) is 5.14 Å². The molecule has 0 heterocycles. The van der Waals surface area contributed by atoms with Gasteiger partial charge >= 0.3 is 0 Å². The second-order valence-electron chi connectivity index (χ2n) is 3.04. The second-order valence-corrected chi connectivity index (χ2v) is 4.54. The van der Waals surface area contributed by atoms with Crippen LogP contribution >= 0.6 is 0 Å². The van der Waals surface area contributed by atoms with Gasteiger partial charge in [0, 0.05) is 0 Å². The zero-order valence-electron chi connectivity index (χ0n) is 8.77. The summed E-state index contributed by atoms with van der Waals surface area (Å²) in [4.78, 5) is -0.127. The van der Waals surface area contributed by atoms with E-state index in [1.54, 1.807) is 19.1 Å². The summed E-state index contributed by atoms with van der Waals surface area (Å²) in [5, 5.41) is 5.07. The molecule has 0 radical (unpaired) electrons. The van der Waals surface area contributed by atoms with Gasteiger partial charge in [-0.15, -0.1) is 0 Å². The van der Waals surface area contributed by atoms with Crippen LogP contribution in [0.1, 0.15) is 5.56 Å². The monoisotopic (exact) mass is 231 g/mol. The maximum Gasteiger partial charge on any atom is 0.245 e. The van der Waals surface area contributed by atoms with Crippen LogP contribution in [-0.4, -0.2) is 22.6 Å². The number of aryl methyl sites for hydroxylation is 1. The fourth-order valence-electron chi connectivity index (χ4n) is 1.29. The Hall–Kier alpha value is -1.27. The second kappa shape index (κ2) is 4.08. The molecule has 0 saturated heterocycles. The van der Waals surface area contributed by atoms with Gasteiger partial charge < -0.3 is 9.47 Å². The summed E-state index contributed by atoms with van der Waals surface area (Å²) in [5.74, 6) is 0.378. The minimum Gasteiger partial charge on any atom is -0.495 e. The van der Waals surface area contributed by atoms with E-state index in [4.69, 9.17) is 14.6 Å².